The van der Waals surface area contributed by atoms with Crippen LogP contribution in [0.4, 0.5) is 5.69 Å². The summed E-state index contributed by atoms with van der Waals surface area (Å²) in [5.74, 6) is -0.0525. The molecule has 0 bridgehead atoms. The van der Waals surface area contributed by atoms with Crippen molar-refractivity contribution in [3.63, 3.8) is 0 Å². The number of anilines is 1. The largest absolute Gasteiger partial charge is 0.495 e. The van der Waals surface area contributed by atoms with Gasteiger partial charge in [-0.05, 0) is 36.8 Å². The van der Waals surface area contributed by atoms with Crippen LogP contribution in [0.5, 0.6) is 5.75 Å². The van der Waals surface area contributed by atoms with Crippen LogP contribution in [0.3, 0.4) is 0 Å². The second-order valence-corrected chi connectivity index (χ2v) is 8.11. The number of halogens is 2. The van der Waals surface area contributed by atoms with E-state index in [0.29, 0.717) is 21.3 Å². The van der Waals surface area contributed by atoms with Crippen LogP contribution >= 0.6 is 23.2 Å². The third-order valence-corrected chi connectivity index (χ3v) is 5.66. The van der Waals surface area contributed by atoms with Crippen molar-refractivity contribution in [3.8, 4) is 5.75 Å². The zero-order valence-electron chi connectivity index (χ0n) is 14.3. The van der Waals surface area contributed by atoms with E-state index in [-0.39, 0.29) is 16.6 Å². The molecule has 0 spiro atoms. The normalized spacial score (nSPS) is 12.5. The summed E-state index contributed by atoms with van der Waals surface area (Å²) in [6.45, 7) is 3.03. The van der Waals surface area contributed by atoms with Crippen LogP contribution in [0.15, 0.2) is 41.3 Å². The van der Waals surface area contributed by atoms with Crippen molar-refractivity contribution in [2.75, 3.05) is 12.4 Å². The summed E-state index contributed by atoms with van der Waals surface area (Å²) < 4.78 is 33.1. The number of hydrogen-bond donors (Lipinski definition) is 2. The third kappa shape index (κ3) is 4.88. The fraction of sp³-hybridized carbons (Fsp3) is 0.235. The summed E-state index contributed by atoms with van der Waals surface area (Å²) in [4.78, 5) is 11.2. The number of amides is 1. The van der Waals surface area contributed by atoms with Gasteiger partial charge >= 0.3 is 0 Å². The number of ether oxygens (including phenoxy) is 1. The number of rotatable bonds is 6. The van der Waals surface area contributed by atoms with E-state index in [2.05, 4.69) is 10.0 Å². The topological polar surface area (TPSA) is 84.5 Å². The highest BCUT2D eigenvalue weighted by Gasteiger charge is 2.21. The first-order valence-corrected chi connectivity index (χ1v) is 9.81. The van der Waals surface area contributed by atoms with Crippen molar-refractivity contribution in [1.82, 2.24) is 4.72 Å². The van der Waals surface area contributed by atoms with Crippen LogP contribution in [0.1, 0.15) is 25.5 Å². The minimum Gasteiger partial charge on any atom is -0.495 e. The molecule has 0 aliphatic carbocycles. The van der Waals surface area contributed by atoms with Crippen molar-refractivity contribution in [2.24, 2.45) is 0 Å². The summed E-state index contributed by atoms with van der Waals surface area (Å²) in [7, 11) is -2.46. The van der Waals surface area contributed by atoms with Gasteiger partial charge in [-0.1, -0.05) is 29.3 Å². The Balaban J connectivity index is 2.30. The van der Waals surface area contributed by atoms with Crippen LogP contribution < -0.4 is 14.8 Å². The molecule has 0 radical (unpaired) electrons. The van der Waals surface area contributed by atoms with Gasteiger partial charge in [0.05, 0.1) is 17.7 Å². The molecule has 2 N–H and O–H groups in total. The average Bonchev–Trinajstić information content (AvgIpc) is 2.53. The quantitative estimate of drug-likeness (QED) is 0.744. The molecule has 0 aliphatic rings. The van der Waals surface area contributed by atoms with E-state index in [0.717, 1.165) is 0 Å². The Morgan fingerprint density at radius 2 is 1.85 bits per heavy atom. The van der Waals surface area contributed by atoms with Crippen LogP contribution in [0, 0.1) is 0 Å². The lowest BCUT2D eigenvalue weighted by Crippen LogP contribution is -2.27. The van der Waals surface area contributed by atoms with Gasteiger partial charge in [0.25, 0.3) is 0 Å². The molecular formula is C17H18Cl2N2O4S. The number of benzene rings is 2. The smallest absolute Gasteiger partial charge is 0.241 e. The lowest BCUT2D eigenvalue weighted by atomic mass is 10.1. The summed E-state index contributed by atoms with van der Waals surface area (Å²) in [6, 6.07) is 8.46. The van der Waals surface area contributed by atoms with Crippen LogP contribution in [-0.4, -0.2) is 21.4 Å². The van der Waals surface area contributed by atoms with Crippen LogP contribution in [0.25, 0.3) is 0 Å². The second-order valence-electron chi connectivity index (χ2n) is 5.55. The average molecular weight is 417 g/mol. The van der Waals surface area contributed by atoms with Crippen molar-refractivity contribution in [3.05, 3.63) is 52.0 Å². The Hall–Kier alpha value is -1.80. The predicted octanol–water partition coefficient (Wildman–Crippen LogP) is 4.00. The fourth-order valence-electron chi connectivity index (χ4n) is 2.35. The highest BCUT2D eigenvalue weighted by molar-refractivity contribution is 7.89. The predicted molar refractivity (Wildman–Crippen MR) is 102 cm³/mol. The Kier molecular flexibility index (Phi) is 6.52. The van der Waals surface area contributed by atoms with E-state index in [4.69, 9.17) is 27.9 Å². The van der Waals surface area contributed by atoms with Crippen molar-refractivity contribution in [2.45, 2.75) is 24.8 Å². The number of hydrogen-bond acceptors (Lipinski definition) is 4. The summed E-state index contributed by atoms with van der Waals surface area (Å²) >= 11 is 12.0. The molecule has 0 aliphatic heterocycles. The third-order valence-electron chi connectivity index (χ3n) is 3.55. The first-order valence-electron chi connectivity index (χ1n) is 7.57. The molecule has 6 nitrogen and oxygen atoms in total. The fourth-order valence-corrected chi connectivity index (χ4v) is 4.16. The Bertz CT molecular complexity index is 932. The summed E-state index contributed by atoms with van der Waals surface area (Å²) in [6.07, 6.45) is 0. The van der Waals surface area contributed by atoms with Crippen LogP contribution in [-0.2, 0) is 14.8 Å². The molecule has 0 aromatic heterocycles. The number of carbonyl (C=O) groups excluding carboxylic acids is 1. The van der Waals surface area contributed by atoms with E-state index in [1.807, 2.05) is 0 Å². The van der Waals surface area contributed by atoms with Gasteiger partial charge in [-0.15, -0.1) is 0 Å². The highest BCUT2D eigenvalue weighted by Crippen LogP contribution is 2.30. The minimum absolute atomic E-state index is 0.000359. The molecular weight excluding hydrogens is 399 g/mol. The highest BCUT2D eigenvalue weighted by atomic mass is 35.5. The van der Waals surface area contributed by atoms with E-state index in [1.165, 1.54) is 32.2 Å². The first kappa shape index (κ1) is 20.5. The molecule has 2 aromatic rings. The van der Waals surface area contributed by atoms with E-state index in [1.54, 1.807) is 25.1 Å². The van der Waals surface area contributed by atoms with Gasteiger partial charge in [0.1, 0.15) is 5.75 Å². The molecule has 140 valence electrons. The molecule has 26 heavy (non-hydrogen) atoms. The zero-order valence-corrected chi connectivity index (χ0v) is 16.7. The number of nitrogens with one attached hydrogen (secondary N) is 2. The summed E-state index contributed by atoms with van der Waals surface area (Å²) in [5, 5.41) is 3.41. The van der Waals surface area contributed by atoms with Crippen molar-refractivity contribution < 1.29 is 17.9 Å². The molecule has 2 rings (SSSR count). The summed E-state index contributed by atoms with van der Waals surface area (Å²) in [5.41, 5.74) is 0.981. The van der Waals surface area contributed by atoms with Gasteiger partial charge in [-0.2, -0.15) is 0 Å². The number of sulfonamides is 1. The maximum absolute atomic E-state index is 12.7. The van der Waals surface area contributed by atoms with Crippen LogP contribution in [0.2, 0.25) is 10.0 Å². The van der Waals surface area contributed by atoms with Gasteiger partial charge in [-0.3, -0.25) is 4.79 Å². The molecule has 1 atom stereocenters. The second kappa shape index (κ2) is 8.26. The first-order chi connectivity index (χ1) is 12.1. The van der Waals surface area contributed by atoms with Gasteiger partial charge in [-0.25, -0.2) is 13.1 Å². The van der Waals surface area contributed by atoms with Gasteiger partial charge in [0.15, 0.2) is 0 Å². The maximum atomic E-state index is 12.7. The minimum atomic E-state index is -3.85. The zero-order chi connectivity index (χ0) is 19.5. The van der Waals surface area contributed by atoms with Crippen molar-refractivity contribution in [1.29, 1.82) is 0 Å². The molecule has 0 saturated carbocycles. The monoisotopic (exact) mass is 416 g/mol. The maximum Gasteiger partial charge on any atom is 0.241 e. The van der Waals surface area contributed by atoms with Gasteiger partial charge < -0.3 is 10.1 Å². The van der Waals surface area contributed by atoms with E-state index in [9.17, 15) is 13.2 Å². The van der Waals surface area contributed by atoms with Gasteiger partial charge in [0.2, 0.25) is 15.9 Å². The van der Waals surface area contributed by atoms with E-state index >= 15 is 0 Å². The van der Waals surface area contributed by atoms with Crippen molar-refractivity contribution >= 4 is 44.8 Å². The SMILES string of the molecule is COc1cc(S(=O)(=O)N[C@H](C)c2ccc(Cl)cc2Cl)ccc1NC(C)=O. The molecule has 2 aromatic carbocycles. The Morgan fingerprint density at radius 3 is 2.42 bits per heavy atom. The molecule has 0 heterocycles. The lowest BCUT2D eigenvalue weighted by molar-refractivity contribution is -0.114. The Morgan fingerprint density at radius 1 is 1.15 bits per heavy atom. The number of methoxy groups -OCH3 is 1. The molecule has 1 amide bonds. The van der Waals surface area contributed by atoms with E-state index < -0.39 is 16.1 Å². The number of carbonyl (C=O) groups is 1. The molecule has 9 heteroatoms. The molecule has 0 fully saturated rings. The Labute approximate surface area is 162 Å². The standard InChI is InChI=1S/C17H18Cl2N2O4S/c1-10(14-6-4-12(18)8-15(14)19)21-26(23,24)13-5-7-16(20-11(2)22)17(9-13)25-3/h4-10,21H,1-3H3,(H,20,22)/t10-/m1/s1. The lowest BCUT2D eigenvalue weighted by Gasteiger charge is -2.17. The molecule has 0 saturated heterocycles. The van der Waals surface area contributed by atoms with Gasteiger partial charge in [0, 0.05) is 29.1 Å². The molecule has 0 unspecified atom stereocenters.